The van der Waals surface area contributed by atoms with Crippen LogP contribution >= 0.6 is 0 Å². The summed E-state index contributed by atoms with van der Waals surface area (Å²) in [6.07, 6.45) is 0.378. The van der Waals surface area contributed by atoms with Crippen LogP contribution in [0.1, 0.15) is 27.2 Å². The number of amides is 1. The average Bonchev–Trinajstić information content (AvgIpc) is 2.38. The number of hydrogen-bond donors (Lipinski definition) is 1. The van der Waals surface area contributed by atoms with Crippen LogP contribution in [0.2, 0.25) is 0 Å². The summed E-state index contributed by atoms with van der Waals surface area (Å²) >= 11 is 0. The van der Waals surface area contributed by atoms with Gasteiger partial charge in [-0.3, -0.25) is 4.79 Å². The minimum atomic E-state index is -0.522. The fourth-order valence-electron chi connectivity index (χ4n) is 1.39. The molecule has 0 fully saturated rings. The van der Waals surface area contributed by atoms with E-state index >= 15 is 0 Å². The van der Waals surface area contributed by atoms with Crippen molar-refractivity contribution >= 4 is 5.91 Å². The maximum absolute atomic E-state index is 11.8. The fourth-order valence-corrected chi connectivity index (χ4v) is 1.39. The van der Waals surface area contributed by atoms with E-state index in [0.29, 0.717) is 11.5 Å². The molecule has 0 aliphatic heterocycles. The molecule has 1 aromatic rings. The predicted octanol–water partition coefficient (Wildman–Crippen LogP) is 2.38. The van der Waals surface area contributed by atoms with E-state index in [1.807, 2.05) is 26.0 Å². The number of carbonyl (C=O) groups excluding carboxylic acids is 1. The van der Waals surface area contributed by atoms with Gasteiger partial charge < -0.3 is 14.8 Å². The Morgan fingerprint density at radius 2 is 2.00 bits per heavy atom. The summed E-state index contributed by atoms with van der Waals surface area (Å²) < 4.78 is 10.7. The molecule has 0 bridgehead atoms. The predicted molar refractivity (Wildman–Crippen MR) is 71.0 cm³/mol. The Labute approximate surface area is 108 Å². The van der Waals surface area contributed by atoms with Crippen LogP contribution in [-0.2, 0) is 4.79 Å². The van der Waals surface area contributed by atoms with Crippen LogP contribution in [0.5, 0.6) is 11.5 Å². The molecule has 1 N–H and O–H groups in total. The second-order valence-corrected chi connectivity index (χ2v) is 4.26. The van der Waals surface area contributed by atoms with Crippen molar-refractivity contribution in [1.29, 1.82) is 0 Å². The zero-order valence-electron chi connectivity index (χ0n) is 11.4. The molecule has 1 rings (SSSR count). The highest BCUT2D eigenvalue weighted by Crippen LogP contribution is 2.19. The molecule has 0 aliphatic carbocycles. The molecule has 4 nitrogen and oxygen atoms in total. The molecular weight excluding hydrogens is 230 g/mol. The Hall–Kier alpha value is -1.71. The number of benzene rings is 1. The van der Waals surface area contributed by atoms with Crippen LogP contribution in [-0.4, -0.2) is 25.2 Å². The van der Waals surface area contributed by atoms with E-state index in [4.69, 9.17) is 9.47 Å². The summed E-state index contributed by atoms with van der Waals surface area (Å²) in [7, 11) is 1.60. The normalized spacial score (nSPS) is 13.6. The number of rotatable bonds is 6. The van der Waals surface area contributed by atoms with E-state index < -0.39 is 6.10 Å². The number of methoxy groups -OCH3 is 1. The molecule has 0 radical (unpaired) electrons. The second kappa shape index (κ2) is 6.89. The Morgan fingerprint density at radius 1 is 1.33 bits per heavy atom. The van der Waals surface area contributed by atoms with Crippen LogP contribution in [0.3, 0.4) is 0 Å². The van der Waals surface area contributed by atoms with E-state index in [0.717, 1.165) is 6.42 Å². The lowest BCUT2D eigenvalue weighted by Gasteiger charge is -2.18. The molecule has 0 saturated heterocycles. The van der Waals surface area contributed by atoms with Gasteiger partial charge in [-0.2, -0.15) is 0 Å². The first-order chi connectivity index (χ1) is 8.56. The van der Waals surface area contributed by atoms with Crippen molar-refractivity contribution in [3.8, 4) is 11.5 Å². The standard InChI is InChI=1S/C14H21NO3/c1-5-10(2)15-14(16)11(3)18-13-8-6-7-12(9-13)17-4/h6-11H,5H2,1-4H3,(H,15,16)/t10-,11+/m0/s1. The van der Waals surface area contributed by atoms with Gasteiger partial charge in [0, 0.05) is 12.1 Å². The first-order valence-corrected chi connectivity index (χ1v) is 6.18. The van der Waals surface area contributed by atoms with Gasteiger partial charge in [-0.1, -0.05) is 13.0 Å². The molecular formula is C14H21NO3. The van der Waals surface area contributed by atoms with Crippen molar-refractivity contribution in [2.24, 2.45) is 0 Å². The summed E-state index contributed by atoms with van der Waals surface area (Å²) in [6, 6.07) is 7.38. The Balaban J connectivity index is 2.57. The summed E-state index contributed by atoms with van der Waals surface area (Å²) in [6.45, 7) is 5.73. The zero-order valence-corrected chi connectivity index (χ0v) is 11.4. The van der Waals surface area contributed by atoms with Gasteiger partial charge >= 0.3 is 0 Å². The fraction of sp³-hybridized carbons (Fsp3) is 0.500. The van der Waals surface area contributed by atoms with Crippen molar-refractivity contribution in [2.75, 3.05) is 7.11 Å². The van der Waals surface area contributed by atoms with Crippen LogP contribution in [0.25, 0.3) is 0 Å². The van der Waals surface area contributed by atoms with Crippen molar-refractivity contribution in [1.82, 2.24) is 5.32 Å². The summed E-state index contributed by atoms with van der Waals surface area (Å²) in [4.78, 5) is 11.8. The second-order valence-electron chi connectivity index (χ2n) is 4.26. The summed E-state index contributed by atoms with van der Waals surface area (Å²) in [5, 5.41) is 2.88. The van der Waals surface area contributed by atoms with E-state index in [1.54, 1.807) is 26.2 Å². The smallest absolute Gasteiger partial charge is 0.260 e. The quantitative estimate of drug-likeness (QED) is 0.844. The molecule has 0 saturated carbocycles. The van der Waals surface area contributed by atoms with Gasteiger partial charge in [0.1, 0.15) is 11.5 Å². The lowest BCUT2D eigenvalue weighted by Crippen LogP contribution is -2.40. The van der Waals surface area contributed by atoms with Crippen LogP contribution < -0.4 is 14.8 Å². The van der Waals surface area contributed by atoms with Gasteiger partial charge in [-0.15, -0.1) is 0 Å². The first-order valence-electron chi connectivity index (χ1n) is 6.18. The number of nitrogens with one attached hydrogen (secondary N) is 1. The van der Waals surface area contributed by atoms with Crippen molar-refractivity contribution in [3.63, 3.8) is 0 Å². The third-order valence-corrected chi connectivity index (χ3v) is 2.72. The van der Waals surface area contributed by atoms with Gasteiger partial charge in [-0.25, -0.2) is 0 Å². The monoisotopic (exact) mass is 251 g/mol. The maximum Gasteiger partial charge on any atom is 0.260 e. The van der Waals surface area contributed by atoms with E-state index in [2.05, 4.69) is 5.32 Å². The highest BCUT2D eigenvalue weighted by molar-refractivity contribution is 5.80. The van der Waals surface area contributed by atoms with Gasteiger partial charge in [0.25, 0.3) is 5.91 Å². The Morgan fingerprint density at radius 3 is 2.61 bits per heavy atom. The third kappa shape index (κ3) is 4.28. The van der Waals surface area contributed by atoms with Crippen LogP contribution in [0.15, 0.2) is 24.3 Å². The van der Waals surface area contributed by atoms with Gasteiger partial charge in [-0.05, 0) is 32.4 Å². The SMILES string of the molecule is CC[C@H](C)NC(=O)[C@@H](C)Oc1cccc(OC)c1. The number of ether oxygens (including phenoxy) is 2. The minimum absolute atomic E-state index is 0.104. The van der Waals surface area contributed by atoms with E-state index in [1.165, 1.54) is 0 Å². The molecule has 100 valence electrons. The molecule has 18 heavy (non-hydrogen) atoms. The molecule has 4 heteroatoms. The zero-order chi connectivity index (χ0) is 13.5. The molecule has 2 atom stereocenters. The third-order valence-electron chi connectivity index (χ3n) is 2.72. The summed E-state index contributed by atoms with van der Waals surface area (Å²) in [5.74, 6) is 1.23. The van der Waals surface area contributed by atoms with Gasteiger partial charge in [0.2, 0.25) is 0 Å². The van der Waals surface area contributed by atoms with Gasteiger partial charge in [0.15, 0.2) is 6.10 Å². The van der Waals surface area contributed by atoms with Crippen molar-refractivity contribution in [3.05, 3.63) is 24.3 Å². The molecule has 0 unspecified atom stereocenters. The number of hydrogen-bond acceptors (Lipinski definition) is 3. The maximum atomic E-state index is 11.8. The molecule has 1 amide bonds. The molecule has 0 spiro atoms. The average molecular weight is 251 g/mol. The summed E-state index contributed by atoms with van der Waals surface area (Å²) in [5.41, 5.74) is 0. The van der Waals surface area contributed by atoms with Crippen LogP contribution in [0, 0.1) is 0 Å². The first kappa shape index (κ1) is 14.4. The minimum Gasteiger partial charge on any atom is -0.497 e. The Kier molecular flexibility index (Phi) is 5.49. The lowest BCUT2D eigenvalue weighted by atomic mass is 10.2. The highest BCUT2D eigenvalue weighted by atomic mass is 16.5. The number of carbonyl (C=O) groups is 1. The Bertz CT molecular complexity index is 392. The van der Waals surface area contributed by atoms with Gasteiger partial charge in [0.05, 0.1) is 7.11 Å². The largest absolute Gasteiger partial charge is 0.497 e. The van der Waals surface area contributed by atoms with E-state index in [9.17, 15) is 4.79 Å². The van der Waals surface area contributed by atoms with Crippen LogP contribution in [0.4, 0.5) is 0 Å². The molecule has 0 aromatic heterocycles. The lowest BCUT2D eigenvalue weighted by molar-refractivity contribution is -0.127. The molecule has 1 aromatic carbocycles. The molecule has 0 aliphatic rings. The topological polar surface area (TPSA) is 47.6 Å². The molecule has 0 heterocycles. The van der Waals surface area contributed by atoms with Crippen molar-refractivity contribution in [2.45, 2.75) is 39.3 Å². The van der Waals surface area contributed by atoms with Crippen molar-refractivity contribution < 1.29 is 14.3 Å². The highest BCUT2D eigenvalue weighted by Gasteiger charge is 2.16. The van der Waals surface area contributed by atoms with E-state index in [-0.39, 0.29) is 11.9 Å².